The van der Waals surface area contributed by atoms with Gasteiger partial charge in [0.1, 0.15) is 0 Å². The van der Waals surface area contributed by atoms with E-state index in [1.165, 1.54) is 11.1 Å². The van der Waals surface area contributed by atoms with Crippen LogP contribution in [0, 0.1) is 6.92 Å². The van der Waals surface area contributed by atoms with Crippen molar-refractivity contribution in [2.75, 3.05) is 6.54 Å². The normalized spacial score (nSPS) is 10.7. The van der Waals surface area contributed by atoms with Crippen LogP contribution in [0.1, 0.15) is 22.8 Å². The molecule has 2 aromatic rings. The Hall–Kier alpha value is -1.68. The van der Waals surface area contributed by atoms with Crippen molar-refractivity contribution in [2.45, 2.75) is 26.2 Å². The standard InChI is InChI=1S/C13H17N3O/c1-10-3-2-4-11(9-10)5-6-13-15-12(7-8-14)16-17-13/h2-4,9H,5-8,14H2,1H3. The quantitative estimate of drug-likeness (QED) is 0.850. The second-order valence-corrected chi connectivity index (χ2v) is 4.13. The topological polar surface area (TPSA) is 64.9 Å². The van der Waals surface area contributed by atoms with Crippen molar-refractivity contribution in [3.05, 3.63) is 47.1 Å². The maximum Gasteiger partial charge on any atom is 0.226 e. The van der Waals surface area contributed by atoms with Gasteiger partial charge in [0.2, 0.25) is 5.89 Å². The Morgan fingerprint density at radius 2 is 2.12 bits per heavy atom. The van der Waals surface area contributed by atoms with Gasteiger partial charge in [-0.05, 0) is 25.5 Å². The summed E-state index contributed by atoms with van der Waals surface area (Å²) in [5, 5.41) is 3.87. The molecule has 2 rings (SSSR count). The molecule has 0 aliphatic carbocycles. The van der Waals surface area contributed by atoms with Crippen LogP contribution in [0.2, 0.25) is 0 Å². The molecule has 0 spiro atoms. The number of nitrogens with two attached hydrogens (primary N) is 1. The molecular weight excluding hydrogens is 214 g/mol. The molecule has 1 heterocycles. The van der Waals surface area contributed by atoms with E-state index in [1.54, 1.807) is 0 Å². The molecule has 0 bridgehead atoms. The van der Waals surface area contributed by atoms with Crippen LogP contribution in [0.3, 0.4) is 0 Å². The van der Waals surface area contributed by atoms with Crippen LogP contribution in [-0.4, -0.2) is 16.7 Å². The van der Waals surface area contributed by atoms with Gasteiger partial charge in [0.25, 0.3) is 0 Å². The van der Waals surface area contributed by atoms with E-state index in [0.717, 1.165) is 12.8 Å². The van der Waals surface area contributed by atoms with Crippen molar-refractivity contribution < 1.29 is 4.52 Å². The summed E-state index contributed by atoms with van der Waals surface area (Å²) in [5.41, 5.74) is 8.00. The highest BCUT2D eigenvalue weighted by atomic mass is 16.5. The molecule has 4 heteroatoms. The number of aromatic nitrogens is 2. The summed E-state index contributed by atoms with van der Waals surface area (Å²) in [6.07, 6.45) is 2.38. The molecule has 0 unspecified atom stereocenters. The molecule has 0 fully saturated rings. The highest BCUT2D eigenvalue weighted by Gasteiger charge is 2.05. The fourth-order valence-electron chi connectivity index (χ4n) is 1.74. The Balaban J connectivity index is 1.93. The van der Waals surface area contributed by atoms with Crippen LogP contribution < -0.4 is 5.73 Å². The molecule has 90 valence electrons. The Morgan fingerprint density at radius 1 is 1.24 bits per heavy atom. The molecule has 1 aromatic carbocycles. The van der Waals surface area contributed by atoms with Crippen molar-refractivity contribution in [1.29, 1.82) is 0 Å². The fourth-order valence-corrected chi connectivity index (χ4v) is 1.74. The molecule has 0 radical (unpaired) electrons. The maximum absolute atomic E-state index is 5.43. The third-order valence-corrected chi connectivity index (χ3v) is 2.59. The molecule has 17 heavy (non-hydrogen) atoms. The van der Waals surface area contributed by atoms with Crippen molar-refractivity contribution in [3.63, 3.8) is 0 Å². The number of rotatable bonds is 5. The average Bonchev–Trinajstić information content (AvgIpc) is 2.75. The summed E-state index contributed by atoms with van der Waals surface area (Å²) in [4.78, 5) is 4.28. The van der Waals surface area contributed by atoms with Gasteiger partial charge in [0.05, 0.1) is 0 Å². The highest BCUT2D eigenvalue weighted by Crippen LogP contribution is 2.08. The first kappa shape index (κ1) is 11.8. The molecule has 0 saturated carbocycles. The van der Waals surface area contributed by atoms with Gasteiger partial charge in [0, 0.05) is 12.8 Å². The zero-order chi connectivity index (χ0) is 12.1. The maximum atomic E-state index is 5.43. The summed E-state index contributed by atoms with van der Waals surface area (Å²) < 4.78 is 5.15. The molecular formula is C13H17N3O. The fraction of sp³-hybridized carbons (Fsp3) is 0.385. The molecule has 1 aromatic heterocycles. The third-order valence-electron chi connectivity index (χ3n) is 2.59. The van der Waals surface area contributed by atoms with Gasteiger partial charge < -0.3 is 10.3 Å². The number of benzene rings is 1. The Labute approximate surface area is 101 Å². The van der Waals surface area contributed by atoms with Crippen LogP contribution in [0.25, 0.3) is 0 Å². The van der Waals surface area contributed by atoms with E-state index < -0.39 is 0 Å². The van der Waals surface area contributed by atoms with E-state index >= 15 is 0 Å². The predicted molar refractivity (Wildman–Crippen MR) is 65.6 cm³/mol. The summed E-state index contributed by atoms with van der Waals surface area (Å²) in [6, 6.07) is 8.45. The van der Waals surface area contributed by atoms with Gasteiger partial charge in [0.15, 0.2) is 5.82 Å². The van der Waals surface area contributed by atoms with Crippen LogP contribution in [0.5, 0.6) is 0 Å². The minimum Gasteiger partial charge on any atom is -0.339 e. The van der Waals surface area contributed by atoms with Crippen LogP contribution in [-0.2, 0) is 19.3 Å². The number of hydrogen-bond donors (Lipinski definition) is 1. The van der Waals surface area contributed by atoms with Crippen molar-refractivity contribution >= 4 is 0 Å². The summed E-state index contributed by atoms with van der Waals surface area (Å²) in [7, 11) is 0. The van der Waals surface area contributed by atoms with Gasteiger partial charge in [-0.15, -0.1) is 0 Å². The molecule has 0 aliphatic rings. The Morgan fingerprint density at radius 3 is 2.88 bits per heavy atom. The first-order valence-corrected chi connectivity index (χ1v) is 5.85. The minimum atomic E-state index is 0.552. The van der Waals surface area contributed by atoms with Gasteiger partial charge >= 0.3 is 0 Å². The lowest BCUT2D eigenvalue weighted by atomic mass is 10.1. The van der Waals surface area contributed by atoms with Crippen LogP contribution >= 0.6 is 0 Å². The van der Waals surface area contributed by atoms with E-state index in [9.17, 15) is 0 Å². The first-order chi connectivity index (χ1) is 8.28. The van der Waals surface area contributed by atoms with Gasteiger partial charge in [-0.1, -0.05) is 35.0 Å². The van der Waals surface area contributed by atoms with Crippen molar-refractivity contribution in [3.8, 4) is 0 Å². The molecule has 2 N–H and O–H groups in total. The predicted octanol–water partition coefficient (Wildman–Crippen LogP) is 1.66. The minimum absolute atomic E-state index is 0.552. The lowest BCUT2D eigenvalue weighted by molar-refractivity contribution is 0.373. The second-order valence-electron chi connectivity index (χ2n) is 4.13. The van der Waals surface area contributed by atoms with E-state index in [2.05, 4.69) is 41.3 Å². The SMILES string of the molecule is Cc1cccc(CCc2nc(CCN)no2)c1. The zero-order valence-electron chi connectivity index (χ0n) is 10.0. The lowest BCUT2D eigenvalue weighted by Crippen LogP contribution is -2.04. The smallest absolute Gasteiger partial charge is 0.226 e. The van der Waals surface area contributed by atoms with E-state index in [4.69, 9.17) is 10.3 Å². The largest absolute Gasteiger partial charge is 0.339 e. The van der Waals surface area contributed by atoms with Gasteiger partial charge in [-0.25, -0.2) is 0 Å². The van der Waals surface area contributed by atoms with E-state index in [0.29, 0.717) is 24.7 Å². The number of nitrogens with zero attached hydrogens (tertiary/aromatic N) is 2. The molecule has 0 amide bonds. The molecule has 4 nitrogen and oxygen atoms in total. The summed E-state index contributed by atoms with van der Waals surface area (Å²) in [5.74, 6) is 1.39. The monoisotopic (exact) mass is 231 g/mol. The second kappa shape index (κ2) is 5.59. The van der Waals surface area contributed by atoms with Gasteiger partial charge in [-0.3, -0.25) is 0 Å². The Bertz CT molecular complexity index is 479. The number of hydrogen-bond acceptors (Lipinski definition) is 4. The molecule has 0 aliphatic heterocycles. The van der Waals surface area contributed by atoms with Crippen molar-refractivity contribution in [1.82, 2.24) is 10.1 Å². The average molecular weight is 231 g/mol. The number of aryl methyl sites for hydroxylation is 3. The first-order valence-electron chi connectivity index (χ1n) is 5.85. The van der Waals surface area contributed by atoms with Gasteiger partial charge in [-0.2, -0.15) is 4.98 Å². The van der Waals surface area contributed by atoms with Crippen molar-refractivity contribution in [2.24, 2.45) is 5.73 Å². The molecule has 0 saturated heterocycles. The Kier molecular flexibility index (Phi) is 3.88. The molecule has 0 atom stereocenters. The van der Waals surface area contributed by atoms with Crippen LogP contribution in [0.15, 0.2) is 28.8 Å². The highest BCUT2D eigenvalue weighted by molar-refractivity contribution is 5.22. The summed E-state index contributed by atoms with van der Waals surface area (Å²) >= 11 is 0. The van der Waals surface area contributed by atoms with E-state index in [-0.39, 0.29) is 0 Å². The summed E-state index contributed by atoms with van der Waals surface area (Å²) in [6.45, 7) is 2.65. The lowest BCUT2D eigenvalue weighted by Gasteiger charge is -1.99. The third kappa shape index (κ3) is 3.39. The van der Waals surface area contributed by atoms with E-state index in [1.807, 2.05) is 0 Å². The zero-order valence-corrected chi connectivity index (χ0v) is 10.0. The van der Waals surface area contributed by atoms with Crippen LogP contribution in [0.4, 0.5) is 0 Å².